The van der Waals surface area contributed by atoms with Gasteiger partial charge < -0.3 is 15.6 Å². The van der Waals surface area contributed by atoms with Gasteiger partial charge in [0.15, 0.2) is 11.5 Å². The molecule has 0 saturated heterocycles. The Morgan fingerprint density at radius 2 is 2.06 bits per heavy atom. The first-order valence-electron chi connectivity index (χ1n) is 5.75. The Hall–Kier alpha value is -2.17. The van der Waals surface area contributed by atoms with Crippen molar-refractivity contribution < 1.29 is 9.84 Å². The van der Waals surface area contributed by atoms with Crippen molar-refractivity contribution >= 4 is 5.82 Å². The minimum absolute atomic E-state index is 0.0885. The molecule has 0 fully saturated rings. The molecule has 4 N–H and O–H groups in total. The molecule has 18 heavy (non-hydrogen) atoms. The van der Waals surface area contributed by atoms with E-state index in [0.29, 0.717) is 28.7 Å². The van der Waals surface area contributed by atoms with Gasteiger partial charge in [0, 0.05) is 11.6 Å². The first-order chi connectivity index (χ1) is 8.52. The van der Waals surface area contributed by atoms with E-state index in [4.69, 9.17) is 10.5 Å². The molecule has 5 nitrogen and oxygen atoms in total. The maximum Gasteiger partial charge on any atom is 0.167 e. The summed E-state index contributed by atoms with van der Waals surface area (Å²) in [6, 6.07) is 5.43. The van der Waals surface area contributed by atoms with E-state index >= 15 is 0 Å². The first-order valence-corrected chi connectivity index (χ1v) is 5.75. The van der Waals surface area contributed by atoms with Gasteiger partial charge in [-0.05, 0) is 23.6 Å². The highest BCUT2D eigenvalue weighted by molar-refractivity contribution is 5.73. The number of benzene rings is 1. The minimum atomic E-state index is 0.0885. The summed E-state index contributed by atoms with van der Waals surface area (Å²) in [5, 5.41) is 16.8. The van der Waals surface area contributed by atoms with E-state index in [1.54, 1.807) is 6.07 Å². The van der Waals surface area contributed by atoms with Crippen LogP contribution in [0.4, 0.5) is 5.82 Å². The summed E-state index contributed by atoms with van der Waals surface area (Å²) in [7, 11) is 1.53. The molecule has 0 unspecified atom stereocenters. The molecular formula is C13H17N3O2. The molecule has 0 spiro atoms. The number of aromatic amines is 1. The van der Waals surface area contributed by atoms with Gasteiger partial charge in [-0.15, -0.1) is 0 Å². The Kier molecular flexibility index (Phi) is 3.14. The fraction of sp³-hybridized carbons (Fsp3) is 0.308. The van der Waals surface area contributed by atoms with Crippen LogP contribution in [-0.2, 0) is 0 Å². The molecule has 0 saturated carbocycles. The maximum atomic E-state index is 10.1. The summed E-state index contributed by atoms with van der Waals surface area (Å²) in [6.07, 6.45) is 0. The number of nitrogens with one attached hydrogen (secondary N) is 1. The molecule has 0 aliphatic rings. The summed E-state index contributed by atoms with van der Waals surface area (Å²) in [4.78, 5) is 0. The second-order valence-corrected chi connectivity index (χ2v) is 4.48. The van der Waals surface area contributed by atoms with Crippen molar-refractivity contribution in [2.24, 2.45) is 0 Å². The highest BCUT2D eigenvalue weighted by Gasteiger charge is 2.15. The lowest BCUT2D eigenvalue weighted by Crippen LogP contribution is -1.93. The number of nitrogens with zero attached hydrogens (tertiary/aromatic N) is 1. The Morgan fingerprint density at radius 3 is 2.56 bits per heavy atom. The van der Waals surface area contributed by atoms with Crippen LogP contribution in [0.1, 0.15) is 25.3 Å². The Labute approximate surface area is 106 Å². The van der Waals surface area contributed by atoms with Crippen LogP contribution in [0.2, 0.25) is 0 Å². The molecule has 2 aromatic rings. The van der Waals surface area contributed by atoms with E-state index in [2.05, 4.69) is 24.0 Å². The molecule has 0 aliphatic carbocycles. The molecule has 0 aliphatic heterocycles. The zero-order chi connectivity index (χ0) is 13.3. The van der Waals surface area contributed by atoms with Crippen molar-refractivity contribution in [3.05, 3.63) is 23.8 Å². The third kappa shape index (κ3) is 2.11. The summed E-state index contributed by atoms with van der Waals surface area (Å²) in [5.74, 6) is 1.26. The predicted molar refractivity (Wildman–Crippen MR) is 70.7 cm³/mol. The van der Waals surface area contributed by atoms with E-state index in [0.717, 1.165) is 5.56 Å². The number of aromatic hydroxyl groups is 1. The fourth-order valence-electron chi connectivity index (χ4n) is 1.80. The number of phenolic OH excluding ortho intramolecular Hbond substituents is 1. The topological polar surface area (TPSA) is 84.2 Å². The lowest BCUT2D eigenvalue weighted by atomic mass is 9.98. The quantitative estimate of drug-likeness (QED) is 0.778. The molecule has 0 bridgehead atoms. The Morgan fingerprint density at radius 1 is 1.33 bits per heavy atom. The summed E-state index contributed by atoms with van der Waals surface area (Å²) in [6.45, 7) is 4.16. The van der Waals surface area contributed by atoms with Crippen LogP contribution in [0.15, 0.2) is 18.2 Å². The van der Waals surface area contributed by atoms with Crippen molar-refractivity contribution in [1.82, 2.24) is 10.2 Å². The largest absolute Gasteiger partial charge is 0.504 e. The van der Waals surface area contributed by atoms with Crippen LogP contribution < -0.4 is 10.5 Å². The average molecular weight is 247 g/mol. The smallest absolute Gasteiger partial charge is 0.167 e. The van der Waals surface area contributed by atoms with Crippen LogP contribution in [0, 0.1) is 0 Å². The van der Waals surface area contributed by atoms with Gasteiger partial charge in [-0.2, -0.15) is 5.10 Å². The van der Waals surface area contributed by atoms with Crippen molar-refractivity contribution in [2.45, 2.75) is 19.8 Å². The number of nitrogen functional groups attached to an aromatic ring is 1. The number of hydrogen-bond acceptors (Lipinski definition) is 4. The Bertz CT molecular complexity index is 561. The molecule has 5 heteroatoms. The third-order valence-corrected chi connectivity index (χ3v) is 2.87. The number of rotatable bonds is 3. The van der Waals surface area contributed by atoms with Crippen LogP contribution in [0.5, 0.6) is 11.5 Å². The molecule has 1 heterocycles. The summed E-state index contributed by atoms with van der Waals surface area (Å²) >= 11 is 0. The number of H-pyrrole nitrogens is 1. The highest BCUT2D eigenvalue weighted by atomic mass is 16.5. The minimum Gasteiger partial charge on any atom is -0.504 e. The van der Waals surface area contributed by atoms with E-state index < -0.39 is 0 Å². The number of nitrogens with two attached hydrogens (primary N) is 1. The standard InChI is InChI=1S/C13H17N3O2/c1-7(2)8-4-9(10-6-12(14)16-15-10)13(17)11(5-8)18-3/h4-7,17H,1-3H3,(H3,14,15,16). The highest BCUT2D eigenvalue weighted by Crippen LogP contribution is 2.39. The van der Waals surface area contributed by atoms with Crippen molar-refractivity contribution in [3.8, 4) is 22.8 Å². The first kappa shape index (κ1) is 12.3. The van der Waals surface area contributed by atoms with Gasteiger partial charge in [0.25, 0.3) is 0 Å². The SMILES string of the molecule is COc1cc(C(C)C)cc(-c2cc(N)n[nH]2)c1O. The van der Waals surface area contributed by atoms with Gasteiger partial charge in [0.1, 0.15) is 5.82 Å². The molecule has 0 amide bonds. The molecule has 2 rings (SSSR count). The van der Waals surface area contributed by atoms with Gasteiger partial charge >= 0.3 is 0 Å². The lowest BCUT2D eigenvalue weighted by molar-refractivity contribution is 0.373. The van der Waals surface area contributed by atoms with Crippen molar-refractivity contribution in [1.29, 1.82) is 0 Å². The average Bonchev–Trinajstić information content (AvgIpc) is 2.75. The zero-order valence-corrected chi connectivity index (χ0v) is 10.7. The molecule has 1 aromatic heterocycles. The number of aromatic nitrogens is 2. The van der Waals surface area contributed by atoms with Gasteiger partial charge in [-0.3, -0.25) is 5.10 Å². The van der Waals surface area contributed by atoms with Crippen LogP contribution in [-0.4, -0.2) is 22.4 Å². The second kappa shape index (κ2) is 4.60. The fourth-order valence-corrected chi connectivity index (χ4v) is 1.80. The number of phenols is 1. The molecular weight excluding hydrogens is 230 g/mol. The van der Waals surface area contributed by atoms with E-state index in [1.807, 2.05) is 12.1 Å². The molecule has 1 aromatic carbocycles. The van der Waals surface area contributed by atoms with Gasteiger partial charge in [-0.25, -0.2) is 0 Å². The second-order valence-electron chi connectivity index (χ2n) is 4.48. The van der Waals surface area contributed by atoms with Gasteiger partial charge in [0.2, 0.25) is 0 Å². The summed E-state index contributed by atoms with van der Waals surface area (Å²) < 4.78 is 5.19. The molecule has 0 radical (unpaired) electrons. The van der Waals surface area contributed by atoms with Gasteiger partial charge in [-0.1, -0.05) is 13.8 Å². The zero-order valence-electron chi connectivity index (χ0n) is 10.7. The number of hydrogen-bond donors (Lipinski definition) is 3. The number of anilines is 1. The van der Waals surface area contributed by atoms with Gasteiger partial charge in [0.05, 0.1) is 12.8 Å². The Balaban J connectivity index is 2.61. The number of ether oxygens (including phenoxy) is 1. The van der Waals surface area contributed by atoms with Crippen LogP contribution in [0.3, 0.4) is 0 Å². The third-order valence-electron chi connectivity index (χ3n) is 2.87. The van der Waals surface area contributed by atoms with E-state index in [9.17, 15) is 5.11 Å². The predicted octanol–water partition coefficient (Wildman–Crippen LogP) is 2.50. The monoisotopic (exact) mass is 247 g/mol. The van der Waals surface area contributed by atoms with Crippen LogP contribution in [0.25, 0.3) is 11.3 Å². The normalized spacial score (nSPS) is 10.9. The summed E-state index contributed by atoms with van der Waals surface area (Å²) in [5.41, 5.74) is 7.97. The van der Waals surface area contributed by atoms with Crippen LogP contribution >= 0.6 is 0 Å². The van der Waals surface area contributed by atoms with Crippen molar-refractivity contribution in [2.75, 3.05) is 12.8 Å². The lowest BCUT2D eigenvalue weighted by Gasteiger charge is -2.13. The van der Waals surface area contributed by atoms with E-state index in [-0.39, 0.29) is 5.75 Å². The molecule has 0 atom stereocenters. The van der Waals surface area contributed by atoms with Crippen molar-refractivity contribution in [3.63, 3.8) is 0 Å². The van der Waals surface area contributed by atoms with E-state index in [1.165, 1.54) is 7.11 Å². The molecule has 96 valence electrons. The maximum absolute atomic E-state index is 10.1. The number of methoxy groups -OCH3 is 1.